The van der Waals surface area contributed by atoms with Crippen LogP contribution in [0.2, 0.25) is 0 Å². The van der Waals surface area contributed by atoms with E-state index < -0.39 is 5.82 Å². The molecular weight excluding hydrogens is 364 g/mol. The molecule has 1 aromatic rings. The van der Waals surface area contributed by atoms with Gasteiger partial charge in [-0.25, -0.2) is 4.39 Å². The second kappa shape index (κ2) is 4.84. The van der Waals surface area contributed by atoms with Crippen molar-refractivity contribution in [2.45, 2.75) is 0 Å². The van der Waals surface area contributed by atoms with Gasteiger partial charge < -0.3 is 0 Å². The second-order valence-corrected chi connectivity index (χ2v) is 4.21. The Morgan fingerprint density at radius 2 is 2.29 bits per heavy atom. The first kappa shape index (κ1) is 11.6. The molecule has 0 fully saturated rings. The number of halogens is 3. The number of nitriles is 1. The van der Waals surface area contributed by atoms with Crippen molar-refractivity contribution in [2.24, 2.45) is 0 Å². The van der Waals surface area contributed by atoms with E-state index in [0.29, 0.717) is 5.56 Å². The van der Waals surface area contributed by atoms with Crippen LogP contribution in [0.4, 0.5) is 4.39 Å². The summed E-state index contributed by atoms with van der Waals surface area (Å²) in [7, 11) is 0. The first-order valence-electron chi connectivity index (χ1n) is 3.58. The van der Waals surface area contributed by atoms with Gasteiger partial charge in [0.05, 0.1) is 14.5 Å². The lowest BCUT2D eigenvalue weighted by Gasteiger charge is -2.01. The molecule has 0 saturated carbocycles. The van der Waals surface area contributed by atoms with Crippen molar-refractivity contribution in [1.29, 1.82) is 5.26 Å². The molecule has 0 aliphatic heterocycles. The molecule has 72 valence electrons. The van der Waals surface area contributed by atoms with Crippen LogP contribution in [0.3, 0.4) is 0 Å². The van der Waals surface area contributed by atoms with Crippen LogP contribution in [0.5, 0.6) is 0 Å². The highest BCUT2D eigenvalue weighted by Gasteiger charge is 2.12. The van der Waals surface area contributed by atoms with E-state index >= 15 is 0 Å². The van der Waals surface area contributed by atoms with Crippen LogP contribution in [0, 0.1) is 20.7 Å². The van der Waals surface area contributed by atoms with E-state index in [1.54, 1.807) is 28.7 Å². The molecule has 0 aliphatic carbocycles. The standard InChI is InChI=1S/C9H4BrFINO/c10-3-8(14)5-1-6(4-13)9(11)7(12)2-5/h1-2H,3H2. The highest BCUT2D eigenvalue weighted by atomic mass is 127. The van der Waals surface area contributed by atoms with Crippen LogP contribution in [0.15, 0.2) is 12.1 Å². The number of rotatable bonds is 2. The number of carbonyl (C=O) groups is 1. The van der Waals surface area contributed by atoms with Crippen molar-refractivity contribution in [2.75, 3.05) is 5.33 Å². The summed E-state index contributed by atoms with van der Waals surface area (Å²) in [5.74, 6) is -0.737. The Labute approximate surface area is 102 Å². The van der Waals surface area contributed by atoms with Crippen LogP contribution in [-0.2, 0) is 0 Å². The van der Waals surface area contributed by atoms with E-state index in [9.17, 15) is 9.18 Å². The van der Waals surface area contributed by atoms with Crippen molar-refractivity contribution in [1.82, 2.24) is 0 Å². The lowest BCUT2D eigenvalue weighted by Crippen LogP contribution is -2.02. The summed E-state index contributed by atoms with van der Waals surface area (Å²) >= 11 is 4.77. The topological polar surface area (TPSA) is 40.9 Å². The molecule has 0 bridgehead atoms. The van der Waals surface area contributed by atoms with Gasteiger partial charge in [-0.3, -0.25) is 4.79 Å². The van der Waals surface area contributed by atoms with E-state index in [0.717, 1.165) is 0 Å². The number of Topliss-reactive ketones (excluding diaryl/α,β-unsaturated/α-hetero) is 1. The zero-order valence-corrected chi connectivity index (χ0v) is 10.6. The van der Waals surface area contributed by atoms with Gasteiger partial charge in [0.25, 0.3) is 0 Å². The average Bonchev–Trinajstić information content (AvgIpc) is 2.20. The fourth-order valence-corrected chi connectivity index (χ4v) is 1.86. The van der Waals surface area contributed by atoms with E-state index in [2.05, 4.69) is 15.9 Å². The molecule has 5 heteroatoms. The maximum Gasteiger partial charge on any atom is 0.173 e. The van der Waals surface area contributed by atoms with Crippen molar-refractivity contribution in [3.05, 3.63) is 32.6 Å². The van der Waals surface area contributed by atoms with E-state index in [1.807, 2.05) is 0 Å². The monoisotopic (exact) mass is 367 g/mol. The second-order valence-electron chi connectivity index (χ2n) is 2.49. The van der Waals surface area contributed by atoms with Gasteiger partial charge in [0.15, 0.2) is 11.6 Å². The van der Waals surface area contributed by atoms with Crippen LogP contribution in [0.1, 0.15) is 15.9 Å². The van der Waals surface area contributed by atoms with E-state index in [1.165, 1.54) is 12.1 Å². The number of carbonyl (C=O) groups excluding carboxylic acids is 1. The lowest BCUT2D eigenvalue weighted by atomic mass is 10.1. The Balaban J connectivity index is 3.32. The summed E-state index contributed by atoms with van der Waals surface area (Å²) in [4.78, 5) is 11.3. The summed E-state index contributed by atoms with van der Waals surface area (Å²) in [5, 5.41) is 8.77. The number of hydrogen-bond donors (Lipinski definition) is 0. The fourth-order valence-electron chi connectivity index (χ4n) is 0.909. The Morgan fingerprint density at radius 1 is 1.64 bits per heavy atom. The van der Waals surface area contributed by atoms with Gasteiger partial charge in [-0.05, 0) is 34.7 Å². The van der Waals surface area contributed by atoms with Gasteiger partial charge in [0, 0.05) is 5.56 Å². The minimum Gasteiger partial charge on any atom is -0.293 e. The molecule has 0 radical (unpaired) electrons. The minimum atomic E-state index is -0.570. The van der Waals surface area contributed by atoms with E-state index in [-0.39, 0.29) is 20.2 Å². The Bertz CT molecular complexity index is 428. The summed E-state index contributed by atoms with van der Waals surface area (Å²) in [6, 6.07) is 4.40. The van der Waals surface area contributed by atoms with Gasteiger partial charge in [0.1, 0.15) is 6.07 Å². The quantitative estimate of drug-likeness (QED) is 0.458. The summed E-state index contributed by atoms with van der Waals surface area (Å²) in [6.07, 6.45) is 0. The SMILES string of the molecule is N#Cc1cc(C(=O)CBr)cc(I)c1F. The summed E-state index contributed by atoms with van der Waals surface area (Å²) in [6.45, 7) is 0. The maximum atomic E-state index is 13.2. The van der Waals surface area contributed by atoms with Crippen molar-refractivity contribution >= 4 is 44.3 Å². The van der Waals surface area contributed by atoms with Gasteiger partial charge >= 0.3 is 0 Å². The van der Waals surface area contributed by atoms with Crippen molar-refractivity contribution in [3.63, 3.8) is 0 Å². The molecule has 1 rings (SSSR count). The molecule has 1 aromatic carbocycles. The molecule has 0 spiro atoms. The molecule has 2 nitrogen and oxygen atoms in total. The minimum absolute atomic E-state index is 0.0961. The predicted octanol–water partition coefficient (Wildman–Crippen LogP) is 2.88. The molecule has 0 amide bonds. The molecule has 0 heterocycles. The van der Waals surface area contributed by atoms with Crippen molar-refractivity contribution < 1.29 is 9.18 Å². The fraction of sp³-hybridized carbons (Fsp3) is 0.111. The van der Waals surface area contributed by atoms with Gasteiger partial charge in [-0.15, -0.1) is 0 Å². The smallest absolute Gasteiger partial charge is 0.173 e. The number of alkyl halides is 1. The molecule has 0 atom stereocenters. The zero-order valence-electron chi connectivity index (χ0n) is 6.85. The Hall–Kier alpha value is -0.480. The molecule has 14 heavy (non-hydrogen) atoms. The largest absolute Gasteiger partial charge is 0.293 e. The van der Waals surface area contributed by atoms with Crippen LogP contribution < -0.4 is 0 Å². The molecule has 0 N–H and O–H groups in total. The number of nitrogens with zero attached hydrogens (tertiary/aromatic N) is 1. The predicted molar refractivity (Wildman–Crippen MR) is 62.0 cm³/mol. The van der Waals surface area contributed by atoms with Crippen LogP contribution in [-0.4, -0.2) is 11.1 Å². The normalized spacial score (nSPS) is 9.57. The highest BCUT2D eigenvalue weighted by Crippen LogP contribution is 2.18. The zero-order chi connectivity index (χ0) is 10.7. The molecule has 0 aromatic heterocycles. The first-order chi connectivity index (χ1) is 6.60. The van der Waals surface area contributed by atoms with E-state index in [4.69, 9.17) is 5.26 Å². The number of hydrogen-bond acceptors (Lipinski definition) is 2. The van der Waals surface area contributed by atoms with Crippen molar-refractivity contribution in [3.8, 4) is 6.07 Å². The number of benzene rings is 1. The van der Waals surface area contributed by atoms with Gasteiger partial charge in [-0.2, -0.15) is 5.26 Å². The average molecular weight is 368 g/mol. The van der Waals surface area contributed by atoms with Gasteiger partial charge in [-0.1, -0.05) is 15.9 Å². The summed E-state index contributed by atoms with van der Waals surface area (Å²) < 4.78 is 13.5. The molecule has 0 saturated heterocycles. The maximum absolute atomic E-state index is 13.2. The molecular formula is C9H4BrFINO. The molecule has 0 unspecified atom stereocenters. The first-order valence-corrected chi connectivity index (χ1v) is 5.78. The van der Waals surface area contributed by atoms with Gasteiger partial charge in [0.2, 0.25) is 0 Å². The number of ketones is 1. The third-order valence-electron chi connectivity index (χ3n) is 1.59. The van der Waals surface area contributed by atoms with Crippen LogP contribution in [0.25, 0.3) is 0 Å². The molecule has 0 aliphatic rings. The summed E-state index contributed by atoms with van der Waals surface area (Å²) in [5.41, 5.74) is 0.255. The lowest BCUT2D eigenvalue weighted by molar-refractivity contribution is 0.102. The Kier molecular flexibility index (Phi) is 4.01. The Morgan fingerprint density at radius 3 is 2.79 bits per heavy atom. The van der Waals surface area contributed by atoms with Crippen LogP contribution >= 0.6 is 38.5 Å². The highest BCUT2D eigenvalue weighted by molar-refractivity contribution is 14.1. The third-order valence-corrected chi connectivity index (χ3v) is 2.89. The third kappa shape index (κ3) is 2.30.